The monoisotopic (exact) mass is 498 g/mol. The van der Waals surface area contributed by atoms with Crippen LogP contribution in [0.15, 0.2) is 72.8 Å². The first-order chi connectivity index (χ1) is 16.7. The van der Waals surface area contributed by atoms with Crippen LogP contribution in [0.3, 0.4) is 0 Å². The molecule has 0 radical (unpaired) electrons. The fourth-order valence-electron chi connectivity index (χ4n) is 3.42. The van der Waals surface area contributed by atoms with E-state index in [0.29, 0.717) is 5.56 Å². The van der Waals surface area contributed by atoms with Crippen LogP contribution in [0.5, 0.6) is 0 Å². The second kappa shape index (κ2) is 11.5. The van der Waals surface area contributed by atoms with Crippen molar-refractivity contribution in [3.63, 3.8) is 0 Å². The Morgan fingerprint density at radius 2 is 1.63 bits per heavy atom. The molecule has 2 N–H and O–H groups in total. The molecule has 0 aliphatic rings. The lowest BCUT2D eigenvalue weighted by atomic mass is 10.1. The zero-order valence-electron chi connectivity index (χ0n) is 19.1. The number of carboxylic acids is 1. The maximum absolute atomic E-state index is 13.1. The molecule has 0 aliphatic heterocycles. The number of hydrogen-bond donors (Lipinski definition) is 2. The number of carbonyl (C=O) groups is 3. The highest BCUT2D eigenvalue weighted by atomic mass is 32.2. The van der Waals surface area contributed by atoms with Gasteiger partial charge in [0.05, 0.1) is 24.4 Å². The number of benzene rings is 3. The van der Waals surface area contributed by atoms with Crippen molar-refractivity contribution >= 4 is 44.3 Å². The molecule has 0 aromatic heterocycles. The summed E-state index contributed by atoms with van der Waals surface area (Å²) in [4.78, 5) is 36.7. The zero-order chi connectivity index (χ0) is 25.4. The summed E-state index contributed by atoms with van der Waals surface area (Å²) in [5.41, 5.74) is 0.972. The molecule has 3 rings (SSSR count). The van der Waals surface area contributed by atoms with Crippen LogP contribution in [0.25, 0.3) is 10.8 Å². The maximum Gasteiger partial charge on any atom is 0.408 e. The summed E-state index contributed by atoms with van der Waals surface area (Å²) in [6, 6.07) is 19.6. The number of carboxylic acid groups (broad SMARTS) is 1. The Kier molecular flexibility index (Phi) is 8.43. The Hall–Kier alpha value is -3.92. The van der Waals surface area contributed by atoms with Crippen LogP contribution in [-0.4, -0.2) is 49.7 Å². The highest BCUT2D eigenvalue weighted by Gasteiger charge is 2.30. The van der Waals surface area contributed by atoms with E-state index in [1.54, 1.807) is 48.5 Å². The van der Waals surface area contributed by atoms with Crippen LogP contribution < -0.4 is 9.62 Å². The highest BCUT2D eigenvalue weighted by molar-refractivity contribution is 7.92. The Morgan fingerprint density at radius 1 is 0.971 bits per heavy atom. The van der Waals surface area contributed by atoms with E-state index in [1.165, 1.54) is 6.92 Å². The normalized spacial score (nSPS) is 12.0. The van der Waals surface area contributed by atoms with Crippen molar-refractivity contribution in [2.75, 3.05) is 16.6 Å². The number of carbonyl (C=O) groups excluding carboxylic acids is 2. The van der Waals surface area contributed by atoms with E-state index in [1.807, 2.05) is 24.3 Å². The van der Waals surface area contributed by atoms with E-state index in [4.69, 9.17) is 4.74 Å². The van der Waals surface area contributed by atoms with Crippen LogP contribution in [0.4, 0.5) is 10.5 Å². The van der Waals surface area contributed by atoms with Gasteiger partial charge in [0.1, 0.15) is 12.6 Å². The summed E-state index contributed by atoms with van der Waals surface area (Å²) in [5, 5.41) is 13.2. The highest BCUT2D eigenvalue weighted by Crippen LogP contribution is 2.24. The lowest BCUT2D eigenvalue weighted by Crippen LogP contribution is -2.48. The number of nitrogens with zero attached hydrogens (tertiary/aromatic N) is 1. The van der Waals surface area contributed by atoms with Crippen LogP contribution in [0, 0.1) is 0 Å². The Labute approximate surface area is 203 Å². The Balaban J connectivity index is 1.79. The van der Waals surface area contributed by atoms with Gasteiger partial charge in [-0.05, 0) is 35.4 Å². The zero-order valence-corrected chi connectivity index (χ0v) is 19.9. The first-order valence-electron chi connectivity index (χ1n) is 10.9. The molecule has 0 aliphatic carbocycles. The molecule has 0 saturated heterocycles. The number of ketones is 1. The van der Waals surface area contributed by atoms with E-state index < -0.39 is 46.9 Å². The molecule has 184 valence electrons. The van der Waals surface area contributed by atoms with Crippen molar-refractivity contribution in [3.8, 4) is 0 Å². The van der Waals surface area contributed by atoms with Gasteiger partial charge < -0.3 is 15.2 Å². The van der Waals surface area contributed by atoms with Gasteiger partial charge in [-0.1, -0.05) is 60.7 Å². The Bertz CT molecular complexity index is 1310. The average molecular weight is 499 g/mol. The van der Waals surface area contributed by atoms with E-state index in [0.717, 1.165) is 15.1 Å². The largest absolute Gasteiger partial charge is 0.481 e. The molecule has 3 aromatic rings. The number of anilines is 1. The number of sulfonamides is 1. The summed E-state index contributed by atoms with van der Waals surface area (Å²) in [6.07, 6.45) is -1.71. The van der Waals surface area contributed by atoms with Gasteiger partial charge in [-0.15, -0.1) is 0 Å². The van der Waals surface area contributed by atoms with Gasteiger partial charge in [0, 0.05) is 0 Å². The number of aliphatic carboxylic acids is 1. The molecular weight excluding hydrogens is 472 g/mol. The number of rotatable bonds is 11. The van der Waals surface area contributed by atoms with E-state index in [9.17, 15) is 27.9 Å². The number of hydrogen-bond acceptors (Lipinski definition) is 6. The van der Waals surface area contributed by atoms with Gasteiger partial charge in [-0.25, -0.2) is 13.2 Å². The van der Waals surface area contributed by atoms with Crippen LogP contribution in [0.2, 0.25) is 0 Å². The number of nitrogens with one attached hydrogen (secondary N) is 1. The number of fused-ring (bicyclic) bond motifs is 1. The van der Waals surface area contributed by atoms with Crippen molar-refractivity contribution in [2.45, 2.75) is 26.0 Å². The van der Waals surface area contributed by atoms with E-state index in [-0.39, 0.29) is 18.0 Å². The maximum atomic E-state index is 13.1. The minimum absolute atomic E-state index is 0.0753. The predicted molar refractivity (Wildman–Crippen MR) is 132 cm³/mol. The second-order valence-electron chi connectivity index (χ2n) is 7.76. The standard InChI is InChI=1S/C25H26N2O7S/c1-2-35(32,33)27(21-13-12-19-10-6-7-11-20(19)14-21)16-23(28)22(15-24(29)30)26-25(31)34-17-18-8-4-3-5-9-18/h3-14,22H,2,15-17H2,1H3,(H,26,31)(H,29,30). The lowest BCUT2D eigenvalue weighted by molar-refractivity contribution is -0.139. The van der Waals surface area contributed by atoms with Crippen molar-refractivity contribution < 1.29 is 32.6 Å². The fraction of sp³-hybridized carbons (Fsp3) is 0.240. The van der Waals surface area contributed by atoms with Crippen molar-refractivity contribution in [2.24, 2.45) is 0 Å². The molecule has 9 nitrogen and oxygen atoms in total. The lowest BCUT2D eigenvalue weighted by Gasteiger charge is -2.25. The van der Waals surface area contributed by atoms with Gasteiger partial charge in [0.2, 0.25) is 10.0 Å². The molecule has 0 bridgehead atoms. The summed E-state index contributed by atoms with van der Waals surface area (Å²) in [6.45, 7) is 0.724. The molecule has 0 fully saturated rings. The molecule has 10 heteroatoms. The van der Waals surface area contributed by atoms with Gasteiger partial charge >= 0.3 is 12.1 Å². The first-order valence-corrected chi connectivity index (χ1v) is 12.5. The first kappa shape index (κ1) is 25.7. The van der Waals surface area contributed by atoms with Crippen molar-refractivity contribution in [1.82, 2.24) is 5.32 Å². The number of Topliss-reactive ketones (excluding diaryl/α,β-unsaturated/α-hetero) is 1. The molecule has 0 saturated carbocycles. The molecule has 1 amide bonds. The topological polar surface area (TPSA) is 130 Å². The van der Waals surface area contributed by atoms with Crippen LogP contribution >= 0.6 is 0 Å². The molecule has 0 heterocycles. The third-order valence-electron chi connectivity index (χ3n) is 5.29. The van der Waals surface area contributed by atoms with Crippen LogP contribution in [0.1, 0.15) is 18.9 Å². The smallest absolute Gasteiger partial charge is 0.408 e. The number of amides is 1. The van der Waals surface area contributed by atoms with Gasteiger partial charge in [0.15, 0.2) is 5.78 Å². The van der Waals surface area contributed by atoms with E-state index in [2.05, 4.69) is 5.32 Å². The predicted octanol–water partition coefficient (Wildman–Crippen LogP) is 3.33. The second-order valence-corrected chi connectivity index (χ2v) is 9.94. The summed E-state index contributed by atoms with van der Waals surface area (Å²) in [7, 11) is -3.89. The molecule has 1 atom stereocenters. The van der Waals surface area contributed by atoms with Gasteiger partial charge in [0.25, 0.3) is 0 Å². The molecular formula is C25H26N2O7S. The SMILES string of the molecule is CCS(=O)(=O)N(CC(=O)C(CC(=O)O)NC(=O)OCc1ccccc1)c1ccc2ccccc2c1. The molecule has 1 unspecified atom stereocenters. The average Bonchev–Trinajstić information content (AvgIpc) is 2.85. The Morgan fingerprint density at radius 3 is 2.29 bits per heavy atom. The fourth-order valence-corrected chi connectivity index (χ4v) is 4.49. The molecule has 3 aromatic carbocycles. The molecule has 35 heavy (non-hydrogen) atoms. The summed E-state index contributed by atoms with van der Waals surface area (Å²) in [5.74, 6) is -2.39. The molecule has 0 spiro atoms. The number of ether oxygens (including phenoxy) is 1. The quantitative estimate of drug-likeness (QED) is 0.415. The van der Waals surface area contributed by atoms with Crippen molar-refractivity contribution in [3.05, 3.63) is 78.4 Å². The minimum Gasteiger partial charge on any atom is -0.481 e. The third-order valence-corrected chi connectivity index (χ3v) is 7.03. The summed E-state index contributed by atoms with van der Waals surface area (Å²) >= 11 is 0. The summed E-state index contributed by atoms with van der Waals surface area (Å²) < 4.78 is 31.7. The van der Waals surface area contributed by atoms with E-state index >= 15 is 0 Å². The van der Waals surface area contributed by atoms with Gasteiger partial charge in [-0.3, -0.25) is 13.9 Å². The number of alkyl carbamates (subject to hydrolysis) is 1. The van der Waals surface area contributed by atoms with Crippen molar-refractivity contribution in [1.29, 1.82) is 0 Å². The van der Waals surface area contributed by atoms with Crippen LogP contribution in [-0.2, 0) is 31.0 Å². The van der Waals surface area contributed by atoms with Gasteiger partial charge in [-0.2, -0.15) is 0 Å². The minimum atomic E-state index is -3.89. The third kappa shape index (κ3) is 7.03.